The fourth-order valence-electron chi connectivity index (χ4n) is 3.35. The van der Waals surface area contributed by atoms with E-state index in [9.17, 15) is 0 Å². The minimum Gasteiger partial charge on any atom is -0.361 e. The van der Waals surface area contributed by atoms with Crippen molar-refractivity contribution in [2.24, 2.45) is 0 Å². The Morgan fingerprint density at radius 3 is 2.70 bits per heavy atom. The van der Waals surface area contributed by atoms with Crippen molar-refractivity contribution in [1.29, 1.82) is 0 Å². The summed E-state index contributed by atoms with van der Waals surface area (Å²) in [6.45, 7) is 7.21. The Morgan fingerprint density at radius 2 is 2.00 bits per heavy atom. The van der Waals surface area contributed by atoms with Crippen molar-refractivity contribution in [3.8, 4) is 0 Å². The standard InChI is InChI=1S/C18H21N3OS/c1-12-15(13(2)22-20-12)11-21-9-7-14(8-10-21)18-19-16-5-3-4-6-17(16)23-18/h3-6,14H,7-11H2,1-2H3. The zero-order chi connectivity index (χ0) is 15.8. The maximum atomic E-state index is 5.28. The van der Waals surface area contributed by atoms with Gasteiger partial charge in [0.05, 0.1) is 20.9 Å². The van der Waals surface area contributed by atoms with Crippen molar-refractivity contribution in [2.45, 2.75) is 39.2 Å². The topological polar surface area (TPSA) is 42.2 Å². The third kappa shape index (κ3) is 2.91. The first kappa shape index (κ1) is 14.8. The Morgan fingerprint density at radius 1 is 1.22 bits per heavy atom. The van der Waals surface area contributed by atoms with Gasteiger partial charge in [-0.1, -0.05) is 17.3 Å². The second-order valence-electron chi connectivity index (χ2n) is 6.37. The van der Waals surface area contributed by atoms with E-state index >= 15 is 0 Å². The molecule has 0 unspecified atom stereocenters. The van der Waals surface area contributed by atoms with Crippen LogP contribution in [0.5, 0.6) is 0 Å². The first-order chi connectivity index (χ1) is 11.2. The second-order valence-corrected chi connectivity index (χ2v) is 7.44. The Balaban J connectivity index is 1.42. The van der Waals surface area contributed by atoms with Crippen LogP contribution in [0.25, 0.3) is 10.2 Å². The number of hydrogen-bond acceptors (Lipinski definition) is 5. The molecule has 1 aliphatic rings. The van der Waals surface area contributed by atoms with Gasteiger partial charge >= 0.3 is 0 Å². The number of aryl methyl sites for hydroxylation is 2. The number of fused-ring (bicyclic) bond motifs is 1. The van der Waals surface area contributed by atoms with Crippen molar-refractivity contribution in [2.75, 3.05) is 13.1 Å². The quantitative estimate of drug-likeness (QED) is 0.720. The molecule has 1 aliphatic heterocycles. The number of likely N-dealkylation sites (tertiary alicyclic amines) is 1. The van der Waals surface area contributed by atoms with Crippen molar-refractivity contribution in [1.82, 2.24) is 15.0 Å². The highest BCUT2D eigenvalue weighted by Gasteiger charge is 2.24. The molecule has 1 saturated heterocycles. The third-order valence-corrected chi connectivity index (χ3v) is 6.01. The van der Waals surface area contributed by atoms with Gasteiger partial charge in [0.25, 0.3) is 0 Å². The van der Waals surface area contributed by atoms with Gasteiger partial charge in [0.1, 0.15) is 5.76 Å². The Hall–Kier alpha value is -1.72. The first-order valence-corrected chi connectivity index (χ1v) is 9.02. The molecule has 23 heavy (non-hydrogen) atoms. The van der Waals surface area contributed by atoms with Gasteiger partial charge in [-0.15, -0.1) is 11.3 Å². The summed E-state index contributed by atoms with van der Waals surface area (Å²) in [5.74, 6) is 1.56. The van der Waals surface area contributed by atoms with E-state index < -0.39 is 0 Å². The van der Waals surface area contributed by atoms with Gasteiger partial charge in [-0.05, 0) is 51.9 Å². The smallest absolute Gasteiger partial charge is 0.138 e. The van der Waals surface area contributed by atoms with Crippen LogP contribution in [0.3, 0.4) is 0 Å². The molecule has 0 radical (unpaired) electrons. The molecule has 4 nitrogen and oxygen atoms in total. The summed E-state index contributed by atoms with van der Waals surface area (Å²) in [6, 6.07) is 8.44. The van der Waals surface area contributed by atoms with Crippen LogP contribution in [-0.4, -0.2) is 28.1 Å². The molecular formula is C18H21N3OS. The highest BCUT2D eigenvalue weighted by molar-refractivity contribution is 7.18. The van der Waals surface area contributed by atoms with E-state index in [0.717, 1.165) is 36.6 Å². The summed E-state index contributed by atoms with van der Waals surface area (Å²) in [6.07, 6.45) is 2.37. The van der Waals surface area contributed by atoms with Crippen LogP contribution in [0, 0.1) is 13.8 Å². The number of para-hydroxylation sites is 1. The number of piperidine rings is 1. The summed E-state index contributed by atoms with van der Waals surface area (Å²) < 4.78 is 6.58. The number of benzene rings is 1. The van der Waals surface area contributed by atoms with Gasteiger partial charge < -0.3 is 4.52 Å². The maximum absolute atomic E-state index is 5.28. The highest BCUT2D eigenvalue weighted by Crippen LogP contribution is 2.34. The molecule has 2 aromatic heterocycles. The zero-order valence-corrected chi connectivity index (χ0v) is 14.4. The summed E-state index contributed by atoms with van der Waals surface area (Å²) >= 11 is 1.86. The summed E-state index contributed by atoms with van der Waals surface area (Å²) in [5.41, 5.74) is 3.42. The SMILES string of the molecule is Cc1noc(C)c1CN1CCC(c2nc3ccccc3s2)CC1. The van der Waals surface area contributed by atoms with Gasteiger partial charge in [-0.2, -0.15) is 0 Å². The second kappa shape index (κ2) is 6.06. The minimum atomic E-state index is 0.605. The van der Waals surface area contributed by atoms with E-state index in [1.54, 1.807) is 0 Å². The van der Waals surface area contributed by atoms with Crippen LogP contribution in [0.4, 0.5) is 0 Å². The summed E-state index contributed by atoms with van der Waals surface area (Å²) in [7, 11) is 0. The molecule has 5 heteroatoms. The van der Waals surface area contributed by atoms with Gasteiger partial charge in [-0.3, -0.25) is 4.90 Å². The molecule has 1 fully saturated rings. The summed E-state index contributed by atoms with van der Waals surface area (Å²) in [5, 5.41) is 5.37. The first-order valence-electron chi connectivity index (χ1n) is 8.20. The third-order valence-electron chi connectivity index (χ3n) is 4.81. The molecule has 0 N–H and O–H groups in total. The molecule has 4 rings (SSSR count). The number of rotatable bonds is 3. The molecule has 3 aromatic rings. The average molecular weight is 327 g/mol. The molecule has 3 heterocycles. The molecule has 0 spiro atoms. The van der Waals surface area contributed by atoms with E-state index in [0.29, 0.717) is 5.92 Å². The molecule has 120 valence electrons. The van der Waals surface area contributed by atoms with Crippen molar-refractivity contribution >= 4 is 21.6 Å². The molecule has 1 aromatic carbocycles. The maximum Gasteiger partial charge on any atom is 0.138 e. The number of thiazole rings is 1. The number of nitrogens with zero attached hydrogens (tertiary/aromatic N) is 3. The van der Waals surface area contributed by atoms with E-state index in [1.807, 2.05) is 25.2 Å². The van der Waals surface area contributed by atoms with Crippen LogP contribution in [-0.2, 0) is 6.54 Å². The van der Waals surface area contributed by atoms with E-state index in [4.69, 9.17) is 9.51 Å². The van der Waals surface area contributed by atoms with Gasteiger partial charge in [0, 0.05) is 18.0 Å². The van der Waals surface area contributed by atoms with Crippen molar-refractivity contribution < 1.29 is 4.52 Å². The largest absolute Gasteiger partial charge is 0.361 e. The molecule has 0 saturated carbocycles. The minimum absolute atomic E-state index is 0.605. The fraction of sp³-hybridized carbons (Fsp3) is 0.444. The monoisotopic (exact) mass is 327 g/mol. The lowest BCUT2D eigenvalue weighted by Crippen LogP contribution is -2.32. The van der Waals surface area contributed by atoms with Crippen molar-refractivity contribution in [3.05, 3.63) is 46.3 Å². The number of hydrogen-bond donors (Lipinski definition) is 0. The zero-order valence-electron chi connectivity index (χ0n) is 13.6. The van der Waals surface area contributed by atoms with E-state index in [1.165, 1.54) is 28.1 Å². The lowest BCUT2D eigenvalue weighted by atomic mass is 9.97. The van der Waals surface area contributed by atoms with E-state index in [2.05, 4.69) is 34.3 Å². The van der Waals surface area contributed by atoms with Crippen LogP contribution in [0.15, 0.2) is 28.8 Å². The molecule has 0 amide bonds. The molecule has 0 atom stereocenters. The number of aromatic nitrogens is 2. The van der Waals surface area contributed by atoms with Crippen LogP contribution in [0.2, 0.25) is 0 Å². The fourth-order valence-corrected chi connectivity index (χ4v) is 4.49. The predicted octanol–water partition coefficient (Wildman–Crippen LogP) is 4.28. The Kier molecular flexibility index (Phi) is 3.91. The van der Waals surface area contributed by atoms with Gasteiger partial charge in [-0.25, -0.2) is 4.98 Å². The highest BCUT2D eigenvalue weighted by atomic mass is 32.1. The van der Waals surface area contributed by atoms with Crippen LogP contribution in [0.1, 0.15) is 40.8 Å². The van der Waals surface area contributed by atoms with Crippen molar-refractivity contribution in [3.63, 3.8) is 0 Å². The molecular weight excluding hydrogens is 306 g/mol. The van der Waals surface area contributed by atoms with Gasteiger partial charge in [0.15, 0.2) is 0 Å². The summed E-state index contributed by atoms with van der Waals surface area (Å²) in [4.78, 5) is 7.35. The lowest BCUT2D eigenvalue weighted by Gasteiger charge is -2.30. The normalized spacial score (nSPS) is 17.1. The van der Waals surface area contributed by atoms with Gasteiger partial charge in [0.2, 0.25) is 0 Å². The molecule has 0 aliphatic carbocycles. The predicted molar refractivity (Wildman–Crippen MR) is 92.8 cm³/mol. The lowest BCUT2D eigenvalue weighted by molar-refractivity contribution is 0.203. The van der Waals surface area contributed by atoms with E-state index in [-0.39, 0.29) is 0 Å². The van der Waals surface area contributed by atoms with Crippen LogP contribution >= 0.6 is 11.3 Å². The molecule has 0 bridgehead atoms. The van der Waals surface area contributed by atoms with Crippen LogP contribution < -0.4 is 0 Å². The Labute approximate surface area is 140 Å². The average Bonchev–Trinajstić information content (AvgIpc) is 3.14. The Bertz CT molecular complexity index is 762.